The van der Waals surface area contributed by atoms with Gasteiger partial charge in [-0.3, -0.25) is 4.90 Å². The Hall–Kier alpha value is -0.170. The van der Waals surface area contributed by atoms with Gasteiger partial charge in [0.2, 0.25) is 0 Å². The minimum Gasteiger partial charge on any atom is -0.379 e. The van der Waals surface area contributed by atoms with Crippen molar-refractivity contribution in [2.75, 3.05) is 44.4 Å². The first kappa shape index (κ1) is 14.2. The maximum absolute atomic E-state index is 11.5. The molecule has 6 heteroatoms. The average Bonchev–Trinajstić information content (AvgIpc) is 2.70. The van der Waals surface area contributed by atoms with Crippen LogP contribution in [0.25, 0.3) is 0 Å². The van der Waals surface area contributed by atoms with E-state index in [0.29, 0.717) is 30.0 Å². The lowest BCUT2D eigenvalue weighted by Crippen LogP contribution is -2.51. The third kappa shape index (κ3) is 3.44. The van der Waals surface area contributed by atoms with Crippen molar-refractivity contribution in [3.63, 3.8) is 0 Å². The van der Waals surface area contributed by atoms with Gasteiger partial charge in [0, 0.05) is 31.1 Å². The van der Waals surface area contributed by atoms with Crippen LogP contribution in [0, 0.1) is 5.92 Å². The Morgan fingerprint density at radius 1 is 1.39 bits per heavy atom. The molecule has 0 amide bonds. The van der Waals surface area contributed by atoms with E-state index in [2.05, 4.69) is 17.1 Å². The molecule has 0 bridgehead atoms. The van der Waals surface area contributed by atoms with Crippen molar-refractivity contribution in [3.8, 4) is 0 Å². The van der Waals surface area contributed by atoms with E-state index in [0.717, 1.165) is 26.3 Å². The molecule has 5 nitrogen and oxygen atoms in total. The van der Waals surface area contributed by atoms with E-state index < -0.39 is 9.84 Å². The molecule has 106 valence electrons. The van der Waals surface area contributed by atoms with Crippen LogP contribution in [0.3, 0.4) is 0 Å². The molecule has 0 radical (unpaired) electrons. The zero-order chi connectivity index (χ0) is 13.2. The molecule has 18 heavy (non-hydrogen) atoms. The van der Waals surface area contributed by atoms with E-state index in [1.54, 1.807) is 0 Å². The number of rotatable bonds is 4. The first-order valence-corrected chi connectivity index (χ1v) is 8.59. The largest absolute Gasteiger partial charge is 0.379 e. The number of ether oxygens (including phenoxy) is 1. The predicted molar refractivity (Wildman–Crippen MR) is 71.5 cm³/mol. The van der Waals surface area contributed by atoms with Gasteiger partial charge in [0.15, 0.2) is 9.84 Å². The van der Waals surface area contributed by atoms with Crippen LogP contribution in [0.15, 0.2) is 0 Å². The van der Waals surface area contributed by atoms with Gasteiger partial charge >= 0.3 is 0 Å². The number of nitrogens with one attached hydrogen (secondary N) is 1. The second-order valence-corrected chi connectivity index (χ2v) is 7.65. The quantitative estimate of drug-likeness (QED) is 0.766. The highest BCUT2D eigenvalue weighted by atomic mass is 32.2. The fourth-order valence-corrected chi connectivity index (χ4v) is 4.50. The molecule has 2 heterocycles. The third-order valence-electron chi connectivity index (χ3n) is 3.94. The molecule has 3 unspecified atom stereocenters. The smallest absolute Gasteiger partial charge is 0.153 e. The minimum absolute atomic E-state index is 0.131. The van der Waals surface area contributed by atoms with Crippen molar-refractivity contribution in [1.29, 1.82) is 0 Å². The van der Waals surface area contributed by atoms with Gasteiger partial charge in [0.25, 0.3) is 0 Å². The molecule has 2 aliphatic heterocycles. The summed E-state index contributed by atoms with van der Waals surface area (Å²) < 4.78 is 28.6. The van der Waals surface area contributed by atoms with E-state index in [-0.39, 0.29) is 6.04 Å². The first-order chi connectivity index (χ1) is 8.52. The van der Waals surface area contributed by atoms with Gasteiger partial charge in [-0.05, 0) is 13.5 Å². The van der Waals surface area contributed by atoms with Crippen LogP contribution in [0.5, 0.6) is 0 Å². The minimum atomic E-state index is -2.81. The lowest BCUT2D eigenvalue weighted by Gasteiger charge is -2.35. The zero-order valence-electron chi connectivity index (χ0n) is 11.3. The molecule has 0 aromatic rings. The van der Waals surface area contributed by atoms with Crippen LogP contribution in [0.2, 0.25) is 0 Å². The lowest BCUT2D eigenvalue weighted by molar-refractivity contribution is 0.154. The van der Waals surface area contributed by atoms with Crippen LogP contribution < -0.4 is 5.32 Å². The van der Waals surface area contributed by atoms with E-state index in [1.807, 2.05) is 6.92 Å². The fraction of sp³-hybridized carbons (Fsp3) is 1.00. The molecule has 0 aromatic heterocycles. The molecule has 2 rings (SSSR count). The molecule has 2 saturated heterocycles. The van der Waals surface area contributed by atoms with Crippen LogP contribution in [0.1, 0.15) is 13.8 Å². The Morgan fingerprint density at radius 3 is 2.83 bits per heavy atom. The van der Waals surface area contributed by atoms with Gasteiger partial charge in [0.05, 0.1) is 24.7 Å². The summed E-state index contributed by atoms with van der Waals surface area (Å²) in [7, 11) is -2.81. The van der Waals surface area contributed by atoms with Gasteiger partial charge in [-0.15, -0.1) is 0 Å². The Kier molecular flexibility index (Phi) is 4.64. The topological polar surface area (TPSA) is 58.6 Å². The van der Waals surface area contributed by atoms with Crippen molar-refractivity contribution in [2.45, 2.75) is 25.9 Å². The van der Waals surface area contributed by atoms with Gasteiger partial charge in [-0.2, -0.15) is 0 Å². The number of likely N-dealkylation sites (N-methyl/N-ethyl adjacent to an activating group) is 1. The van der Waals surface area contributed by atoms with Crippen molar-refractivity contribution in [1.82, 2.24) is 10.2 Å². The second-order valence-electron chi connectivity index (χ2n) is 5.42. The van der Waals surface area contributed by atoms with Crippen molar-refractivity contribution >= 4 is 9.84 Å². The van der Waals surface area contributed by atoms with Crippen molar-refractivity contribution < 1.29 is 13.2 Å². The Morgan fingerprint density at radius 2 is 2.17 bits per heavy atom. The van der Waals surface area contributed by atoms with E-state index in [9.17, 15) is 8.42 Å². The normalized spacial score (nSPS) is 36.9. The standard InChI is InChI=1S/C12H24N2O3S/c1-3-13-12-8-17-7-11(12)6-14-4-5-18(15,16)9-10(14)2/h10-13H,3-9H2,1-2H3. The molecule has 2 aliphatic rings. The van der Waals surface area contributed by atoms with E-state index in [4.69, 9.17) is 4.74 Å². The summed E-state index contributed by atoms with van der Waals surface area (Å²) in [6.45, 7) is 8.23. The van der Waals surface area contributed by atoms with Crippen LogP contribution in [-0.2, 0) is 14.6 Å². The van der Waals surface area contributed by atoms with Gasteiger partial charge in [0.1, 0.15) is 0 Å². The monoisotopic (exact) mass is 276 g/mol. The molecule has 0 spiro atoms. The maximum atomic E-state index is 11.5. The molecule has 2 fully saturated rings. The summed E-state index contributed by atoms with van der Waals surface area (Å²) in [5.74, 6) is 1.08. The number of sulfone groups is 1. The molecule has 0 aromatic carbocycles. The summed E-state index contributed by atoms with van der Waals surface area (Å²) in [6, 6.07) is 0.548. The van der Waals surface area contributed by atoms with Crippen molar-refractivity contribution in [2.24, 2.45) is 5.92 Å². The molecule has 0 aliphatic carbocycles. The van der Waals surface area contributed by atoms with Crippen molar-refractivity contribution in [3.05, 3.63) is 0 Å². The SMILES string of the molecule is CCNC1COCC1CN1CCS(=O)(=O)CC1C. The highest BCUT2D eigenvalue weighted by Gasteiger charge is 2.34. The Bertz CT molecular complexity index is 372. The average molecular weight is 276 g/mol. The second kappa shape index (κ2) is 5.86. The number of hydrogen-bond acceptors (Lipinski definition) is 5. The first-order valence-electron chi connectivity index (χ1n) is 6.77. The molecule has 3 atom stereocenters. The fourth-order valence-electron chi connectivity index (χ4n) is 2.87. The van der Waals surface area contributed by atoms with Gasteiger partial charge < -0.3 is 10.1 Å². The van der Waals surface area contributed by atoms with Gasteiger partial charge in [-0.25, -0.2) is 8.42 Å². The Balaban J connectivity index is 1.89. The predicted octanol–water partition coefficient (Wildman–Crippen LogP) is -0.270. The highest BCUT2D eigenvalue weighted by molar-refractivity contribution is 7.91. The summed E-state index contributed by atoms with van der Waals surface area (Å²) in [5.41, 5.74) is 0. The number of hydrogen-bond donors (Lipinski definition) is 1. The lowest BCUT2D eigenvalue weighted by atomic mass is 10.0. The summed E-state index contributed by atoms with van der Waals surface area (Å²) in [4.78, 5) is 2.30. The van der Waals surface area contributed by atoms with Gasteiger partial charge in [-0.1, -0.05) is 6.92 Å². The Labute approximate surface area is 110 Å². The summed E-state index contributed by atoms with van der Waals surface area (Å²) in [6.07, 6.45) is 0. The molecule has 1 N–H and O–H groups in total. The van der Waals surface area contributed by atoms with Crippen LogP contribution in [-0.4, -0.2) is 69.8 Å². The molecular weight excluding hydrogens is 252 g/mol. The highest BCUT2D eigenvalue weighted by Crippen LogP contribution is 2.19. The molecule has 0 saturated carbocycles. The summed E-state index contributed by atoms with van der Waals surface area (Å²) in [5, 5.41) is 3.45. The van der Waals surface area contributed by atoms with Crippen LogP contribution >= 0.6 is 0 Å². The summed E-state index contributed by atoms with van der Waals surface area (Å²) >= 11 is 0. The van der Waals surface area contributed by atoms with Crippen LogP contribution in [0.4, 0.5) is 0 Å². The number of nitrogens with zero attached hydrogens (tertiary/aromatic N) is 1. The van der Waals surface area contributed by atoms with E-state index in [1.165, 1.54) is 0 Å². The zero-order valence-corrected chi connectivity index (χ0v) is 12.1. The van der Waals surface area contributed by atoms with E-state index >= 15 is 0 Å². The maximum Gasteiger partial charge on any atom is 0.153 e. The molecular formula is C12H24N2O3S. The third-order valence-corrected chi connectivity index (χ3v) is 5.74.